The van der Waals surface area contributed by atoms with Crippen LogP contribution in [0.2, 0.25) is 0 Å². The first-order chi connectivity index (χ1) is 7.79. The second kappa shape index (κ2) is 5.41. The van der Waals surface area contributed by atoms with Gasteiger partial charge in [-0.05, 0) is 6.42 Å². The predicted octanol–water partition coefficient (Wildman–Crippen LogP) is 1.75. The van der Waals surface area contributed by atoms with Gasteiger partial charge < -0.3 is 9.47 Å². The lowest BCUT2D eigenvalue weighted by Crippen LogP contribution is -2.02. The van der Waals surface area contributed by atoms with Gasteiger partial charge in [0.2, 0.25) is 0 Å². The Morgan fingerprint density at radius 2 is 2.62 bits per heavy atom. The summed E-state index contributed by atoms with van der Waals surface area (Å²) in [6.45, 7) is 1.62. The number of esters is 1. The quantitative estimate of drug-likeness (QED) is 0.754. The molecule has 5 heteroatoms. The summed E-state index contributed by atoms with van der Waals surface area (Å²) in [5.74, 6) is 0.274. The highest BCUT2D eigenvalue weighted by molar-refractivity contribution is 7.09. The minimum Gasteiger partial charge on any atom is -0.469 e. The Morgan fingerprint density at radius 3 is 3.31 bits per heavy atom. The summed E-state index contributed by atoms with van der Waals surface area (Å²) in [5, 5.41) is 3.16. The molecule has 2 rings (SSSR count). The maximum Gasteiger partial charge on any atom is 0.305 e. The number of thiazole rings is 1. The third-order valence-electron chi connectivity index (χ3n) is 2.66. The van der Waals surface area contributed by atoms with E-state index in [4.69, 9.17) is 4.74 Å². The summed E-state index contributed by atoms with van der Waals surface area (Å²) in [5.41, 5.74) is 0.984. The largest absolute Gasteiger partial charge is 0.469 e. The van der Waals surface area contributed by atoms with Gasteiger partial charge in [-0.25, -0.2) is 4.98 Å². The normalized spacial score (nSPS) is 19.9. The van der Waals surface area contributed by atoms with Gasteiger partial charge in [-0.3, -0.25) is 4.79 Å². The molecule has 1 atom stereocenters. The van der Waals surface area contributed by atoms with Crippen LogP contribution in [0.1, 0.15) is 29.5 Å². The molecule has 16 heavy (non-hydrogen) atoms. The van der Waals surface area contributed by atoms with Crippen LogP contribution in [0.4, 0.5) is 0 Å². The maximum atomic E-state index is 11.0. The van der Waals surface area contributed by atoms with Gasteiger partial charge in [0.15, 0.2) is 0 Å². The number of aromatic nitrogens is 1. The van der Waals surface area contributed by atoms with E-state index in [1.54, 1.807) is 11.3 Å². The first kappa shape index (κ1) is 11.5. The van der Waals surface area contributed by atoms with E-state index in [0.29, 0.717) is 18.8 Å². The molecule has 0 amide bonds. The Morgan fingerprint density at radius 1 is 1.75 bits per heavy atom. The second-order valence-corrected chi connectivity index (χ2v) is 4.70. The molecule has 2 heterocycles. The molecule has 0 aromatic carbocycles. The van der Waals surface area contributed by atoms with E-state index in [1.807, 2.05) is 5.38 Å². The average Bonchev–Trinajstić information content (AvgIpc) is 2.95. The lowest BCUT2D eigenvalue weighted by atomic mass is 10.1. The Kier molecular flexibility index (Phi) is 3.90. The van der Waals surface area contributed by atoms with Gasteiger partial charge in [-0.15, -0.1) is 11.3 Å². The van der Waals surface area contributed by atoms with Crippen LogP contribution < -0.4 is 0 Å². The molecule has 0 bridgehead atoms. The molecule has 1 unspecified atom stereocenters. The van der Waals surface area contributed by atoms with E-state index >= 15 is 0 Å². The summed E-state index contributed by atoms with van der Waals surface area (Å²) in [4.78, 5) is 15.5. The van der Waals surface area contributed by atoms with E-state index in [9.17, 15) is 4.79 Å². The number of carbonyl (C=O) groups is 1. The van der Waals surface area contributed by atoms with Gasteiger partial charge in [0.25, 0.3) is 0 Å². The van der Waals surface area contributed by atoms with Crippen LogP contribution in [0.5, 0.6) is 0 Å². The van der Waals surface area contributed by atoms with Crippen molar-refractivity contribution in [2.75, 3.05) is 20.3 Å². The van der Waals surface area contributed by atoms with Crippen LogP contribution >= 0.6 is 11.3 Å². The van der Waals surface area contributed by atoms with Crippen molar-refractivity contribution >= 4 is 17.3 Å². The molecule has 4 nitrogen and oxygen atoms in total. The van der Waals surface area contributed by atoms with Crippen molar-refractivity contribution in [3.8, 4) is 0 Å². The number of ether oxygens (including phenoxy) is 2. The number of carbonyl (C=O) groups excluding carboxylic acids is 1. The zero-order valence-corrected chi connectivity index (χ0v) is 10.1. The topological polar surface area (TPSA) is 48.4 Å². The fraction of sp³-hybridized carbons (Fsp3) is 0.636. The summed E-state index contributed by atoms with van der Waals surface area (Å²) in [7, 11) is 1.41. The van der Waals surface area contributed by atoms with Crippen molar-refractivity contribution in [1.29, 1.82) is 0 Å². The monoisotopic (exact) mass is 241 g/mol. The molecule has 1 aliphatic heterocycles. The van der Waals surface area contributed by atoms with Crippen LogP contribution in [-0.2, 0) is 20.7 Å². The number of nitrogens with zero attached hydrogens (tertiary/aromatic N) is 1. The van der Waals surface area contributed by atoms with Gasteiger partial charge >= 0.3 is 5.97 Å². The SMILES string of the molecule is COC(=O)CCc1csc(C2CCOC2)n1. The van der Waals surface area contributed by atoms with Crippen LogP contribution in [0.25, 0.3) is 0 Å². The predicted molar refractivity (Wildman–Crippen MR) is 60.6 cm³/mol. The van der Waals surface area contributed by atoms with Crippen molar-refractivity contribution in [2.24, 2.45) is 0 Å². The molecule has 0 N–H and O–H groups in total. The minimum atomic E-state index is -0.182. The van der Waals surface area contributed by atoms with Gasteiger partial charge in [-0.1, -0.05) is 0 Å². The van der Waals surface area contributed by atoms with E-state index in [2.05, 4.69) is 9.72 Å². The fourth-order valence-electron chi connectivity index (χ4n) is 1.69. The zero-order valence-electron chi connectivity index (χ0n) is 9.27. The van der Waals surface area contributed by atoms with Crippen molar-refractivity contribution in [2.45, 2.75) is 25.2 Å². The van der Waals surface area contributed by atoms with E-state index < -0.39 is 0 Å². The lowest BCUT2D eigenvalue weighted by Gasteiger charge is -2.01. The maximum absolute atomic E-state index is 11.0. The minimum absolute atomic E-state index is 0.182. The Balaban J connectivity index is 1.89. The van der Waals surface area contributed by atoms with Gasteiger partial charge in [0, 0.05) is 24.3 Å². The number of hydrogen-bond acceptors (Lipinski definition) is 5. The molecular weight excluding hydrogens is 226 g/mol. The molecule has 0 spiro atoms. The smallest absolute Gasteiger partial charge is 0.305 e. The van der Waals surface area contributed by atoms with Crippen molar-refractivity contribution in [3.63, 3.8) is 0 Å². The van der Waals surface area contributed by atoms with Crippen molar-refractivity contribution in [1.82, 2.24) is 4.98 Å². The molecule has 0 aliphatic carbocycles. The molecule has 1 aromatic rings. The van der Waals surface area contributed by atoms with Crippen LogP contribution in [0.15, 0.2) is 5.38 Å². The number of methoxy groups -OCH3 is 1. The number of aryl methyl sites for hydroxylation is 1. The number of hydrogen-bond donors (Lipinski definition) is 0. The van der Waals surface area contributed by atoms with Crippen LogP contribution in [0, 0.1) is 0 Å². The molecule has 0 radical (unpaired) electrons. The molecule has 1 saturated heterocycles. The Hall–Kier alpha value is -0.940. The van der Waals surface area contributed by atoms with Crippen LogP contribution in [0.3, 0.4) is 0 Å². The third-order valence-corrected chi connectivity index (χ3v) is 3.72. The van der Waals surface area contributed by atoms with E-state index in [1.165, 1.54) is 7.11 Å². The summed E-state index contributed by atoms with van der Waals surface area (Å²) < 4.78 is 9.92. The lowest BCUT2D eigenvalue weighted by molar-refractivity contribution is -0.140. The van der Waals surface area contributed by atoms with Gasteiger partial charge in [-0.2, -0.15) is 0 Å². The molecule has 88 valence electrons. The van der Waals surface area contributed by atoms with Gasteiger partial charge in [0.1, 0.15) is 0 Å². The van der Waals surface area contributed by atoms with Crippen molar-refractivity contribution in [3.05, 3.63) is 16.1 Å². The Labute approximate surface area is 98.6 Å². The molecule has 1 aliphatic rings. The average molecular weight is 241 g/mol. The number of rotatable bonds is 4. The summed E-state index contributed by atoms with van der Waals surface area (Å²) >= 11 is 1.66. The first-order valence-corrected chi connectivity index (χ1v) is 6.26. The molecular formula is C11H15NO3S. The third kappa shape index (κ3) is 2.80. The van der Waals surface area contributed by atoms with E-state index in [0.717, 1.165) is 30.3 Å². The highest BCUT2D eigenvalue weighted by Crippen LogP contribution is 2.27. The van der Waals surface area contributed by atoms with E-state index in [-0.39, 0.29) is 5.97 Å². The highest BCUT2D eigenvalue weighted by Gasteiger charge is 2.20. The summed E-state index contributed by atoms with van der Waals surface area (Å²) in [6.07, 6.45) is 2.13. The first-order valence-electron chi connectivity index (χ1n) is 5.38. The highest BCUT2D eigenvalue weighted by atomic mass is 32.1. The second-order valence-electron chi connectivity index (χ2n) is 3.81. The van der Waals surface area contributed by atoms with Crippen molar-refractivity contribution < 1.29 is 14.3 Å². The Bertz CT molecular complexity index is 358. The molecule has 1 fully saturated rings. The standard InChI is InChI=1S/C11H15NO3S/c1-14-10(13)3-2-9-7-16-11(12-9)8-4-5-15-6-8/h7-8H,2-6H2,1H3. The fourth-order valence-corrected chi connectivity index (χ4v) is 2.66. The summed E-state index contributed by atoms with van der Waals surface area (Å²) in [6, 6.07) is 0. The zero-order chi connectivity index (χ0) is 11.4. The van der Waals surface area contributed by atoms with Crippen LogP contribution in [-0.4, -0.2) is 31.3 Å². The van der Waals surface area contributed by atoms with Gasteiger partial charge in [0.05, 0.1) is 30.8 Å². The molecule has 1 aromatic heterocycles. The molecule has 0 saturated carbocycles.